The van der Waals surface area contributed by atoms with Gasteiger partial charge in [0.15, 0.2) is 0 Å². The molecule has 1 N–H and O–H groups in total. The van der Waals surface area contributed by atoms with Crippen molar-refractivity contribution in [2.75, 3.05) is 0 Å². The van der Waals surface area contributed by atoms with Gasteiger partial charge in [0.25, 0.3) is 0 Å². The molecule has 0 saturated heterocycles. The molecule has 1 saturated carbocycles. The molecule has 2 bridgehead atoms. The molecule has 0 aliphatic heterocycles. The lowest BCUT2D eigenvalue weighted by atomic mass is 9.81. The third kappa shape index (κ3) is 0.969. The minimum Gasteiger partial charge on any atom is -0.392 e. The van der Waals surface area contributed by atoms with E-state index in [1.54, 1.807) is 0 Å². The van der Waals surface area contributed by atoms with Crippen molar-refractivity contribution in [1.82, 2.24) is 0 Å². The van der Waals surface area contributed by atoms with Crippen LogP contribution in [0.25, 0.3) is 0 Å². The number of fused-ring (bicyclic) bond motifs is 4. The Balaban J connectivity index is 2.12. The van der Waals surface area contributed by atoms with Crippen LogP contribution in [0.5, 0.6) is 0 Å². The van der Waals surface area contributed by atoms with Crippen LogP contribution in [-0.4, -0.2) is 11.2 Å². The Labute approximate surface area is 78.4 Å². The zero-order chi connectivity index (χ0) is 8.84. The van der Waals surface area contributed by atoms with Gasteiger partial charge in [0.1, 0.15) is 0 Å². The van der Waals surface area contributed by atoms with Crippen LogP contribution >= 0.6 is 0 Å². The Morgan fingerprint density at radius 3 is 2.92 bits per heavy atom. The molecule has 2 aliphatic rings. The van der Waals surface area contributed by atoms with E-state index in [2.05, 4.69) is 24.3 Å². The zero-order valence-corrected chi connectivity index (χ0v) is 7.61. The molecule has 0 heterocycles. The van der Waals surface area contributed by atoms with E-state index in [0.29, 0.717) is 11.8 Å². The molecule has 0 spiro atoms. The fraction of sp³-hybridized carbons (Fsp3) is 0.500. The molecule has 1 heteroatoms. The lowest BCUT2D eigenvalue weighted by Gasteiger charge is -2.28. The summed E-state index contributed by atoms with van der Waals surface area (Å²) in [5, 5.41) is 9.96. The van der Waals surface area contributed by atoms with Crippen molar-refractivity contribution in [3.63, 3.8) is 0 Å². The number of hydrogen-bond acceptors (Lipinski definition) is 1. The van der Waals surface area contributed by atoms with Crippen LogP contribution in [0.1, 0.15) is 29.9 Å². The third-order valence-corrected chi connectivity index (χ3v) is 3.68. The molecule has 1 aromatic rings. The van der Waals surface area contributed by atoms with Crippen LogP contribution in [0, 0.1) is 5.92 Å². The Bertz CT molecular complexity index is 332. The van der Waals surface area contributed by atoms with Crippen molar-refractivity contribution in [2.24, 2.45) is 5.92 Å². The molecule has 3 atom stereocenters. The largest absolute Gasteiger partial charge is 0.392 e. The van der Waals surface area contributed by atoms with Gasteiger partial charge in [-0.05, 0) is 36.3 Å². The maximum absolute atomic E-state index is 9.96. The van der Waals surface area contributed by atoms with Gasteiger partial charge in [-0.2, -0.15) is 0 Å². The number of benzene rings is 1. The van der Waals surface area contributed by atoms with Crippen molar-refractivity contribution >= 4 is 0 Å². The summed E-state index contributed by atoms with van der Waals surface area (Å²) in [5.41, 5.74) is 2.88. The van der Waals surface area contributed by atoms with Crippen molar-refractivity contribution in [1.29, 1.82) is 0 Å². The van der Waals surface area contributed by atoms with E-state index in [0.717, 1.165) is 6.42 Å². The van der Waals surface area contributed by atoms with E-state index in [4.69, 9.17) is 0 Å². The number of rotatable bonds is 0. The van der Waals surface area contributed by atoms with Crippen molar-refractivity contribution in [2.45, 2.75) is 31.3 Å². The van der Waals surface area contributed by atoms with E-state index in [1.807, 2.05) is 0 Å². The lowest BCUT2D eigenvalue weighted by Crippen LogP contribution is -2.26. The molecule has 3 rings (SSSR count). The molecule has 68 valence electrons. The summed E-state index contributed by atoms with van der Waals surface area (Å²) in [7, 11) is 0. The van der Waals surface area contributed by atoms with Gasteiger partial charge in [-0.1, -0.05) is 24.3 Å². The van der Waals surface area contributed by atoms with E-state index < -0.39 is 0 Å². The molecule has 13 heavy (non-hydrogen) atoms. The zero-order valence-electron chi connectivity index (χ0n) is 7.61. The summed E-state index contributed by atoms with van der Waals surface area (Å²) in [5.74, 6) is 0.981. The number of hydrogen-bond donors (Lipinski definition) is 1. The topological polar surface area (TPSA) is 20.2 Å². The Morgan fingerprint density at radius 1 is 1.15 bits per heavy atom. The van der Waals surface area contributed by atoms with Crippen molar-refractivity contribution in [3.05, 3.63) is 35.4 Å². The molecule has 0 aromatic heterocycles. The molecule has 1 aromatic carbocycles. The summed E-state index contributed by atoms with van der Waals surface area (Å²) in [4.78, 5) is 0. The Kier molecular flexibility index (Phi) is 1.50. The van der Waals surface area contributed by atoms with E-state index in [1.165, 1.54) is 24.0 Å². The Morgan fingerprint density at radius 2 is 2.00 bits per heavy atom. The van der Waals surface area contributed by atoms with Gasteiger partial charge in [0.2, 0.25) is 0 Å². The fourth-order valence-corrected chi connectivity index (χ4v) is 2.99. The first-order valence-electron chi connectivity index (χ1n) is 5.12. The van der Waals surface area contributed by atoms with E-state index in [-0.39, 0.29) is 6.10 Å². The molecular formula is C12H14O. The van der Waals surface area contributed by atoms with Gasteiger partial charge < -0.3 is 5.11 Å². The van der Waals surface area contributed by atoms with Gasteiger partial charge in [-0.15, -0.1) is 0 Å². The first kappa shape index (κ1) is 7.57. The minimum absolute atomic E-state index is 0.0603. The van der Waals surface area contributed by atoms with Crippen molar-refractivity contribution in [3.8, 4) is 0 Å². The fourth-order valence-electron chi connectivity index (χ4n) is 2.99. The van der Waals surface area contributed by atoms with Gasteiger partial charge in [-0.25, -0.2) is 0 Å². The highest BCUT2D eigenvalue weighted by Gasteiger charge is 2.40. The van der Waals surface area contributed by atoms with Crippen LogP contribution in [0.3, 0.4) is 0 Å². The second kappa shape index (κ2) is 2.58. The summed E-state index contributed by atoms with van der Waals surface area (Å²) in [6, 6.07) is 8.59. The van der Waals surface area contributed by atoms with Crippen LogP contribution in [-0.2, 0) is 6.42 Å². The Hall–Kier alpha value is -0.820. The number of aliphatic hydroxyl groups excluding tert-OH is 1. The van der Waals surface area contributed by atoms with E-state index >= 15 is 0 Å². The average molecular weight is 174 g/mol. The second-order valence-electron chi connectivity index (χ2n) is 4.34. The average Bonchev–Trinajstić information content (AvgIpc) is 2.43. The van der Waals surface area contributed by atoms with Crippen LogP contribution in [0.4, 0.5) is 0 Å². The van der Waals surface area contributed by atoms with Crippen LogP contribution < -0.4 is 0 Å². The summed E-state index contributed by atoms with van der Waals surface area (Å²) in [6.07, 6.45) is 3.42. The monoisotopic (exact) mass is 174 g/mol. The van der Waals surface area contributed by atoms with Crippen LogP contribution in [0.15, 0.2) is 24.3 Å². The summed E-state index contributed by atoms with van der Waals surface area (Å²) < 4.78 is 0. The number of aliphatic hydroxyl groups is 1. The van der Waals surface area contributed by atoms with Gasteiger partial charge in [-0.3, -0.25) is 0 Å². The molecule has 1 fully saturated rings. The molecule has 0 amide bonds. The minimum atomic E-state index is -0.0603. The van der Waals surface area contributed by atoms with Crippen LogP contribution in [0.2, 0.25) is 0 Å². The summed E-state index contributed by atoms with van der Waals surface area (Å²) in [6.45, 7) is 0. The highest BCUT2D eigenvalue weighted by Crippen LogP contribution is 2.45. The normalized spacial score (nSPS) is 35.9. The molecule has 3 unspecified atom stereocenters. The maximum Gasteiger partial charge on any atom is 0.0640 e. The molecule has 1 nitrogen and oxygen atoms in total. The maximum atomic E-state index is 9.96. The van der Waals surface area contributed by atoms with Gasteiger partial charge in [0, 0.05) is 5.92 Å². The predicted molar refractivity (Wildman–Crippen MR) is 51.6 cm³/mol. The van der Waals surface area contributed by atoms with E-state index in [9.17, 15) is 5.11 Å². The molecule has 0 radical (unpaired) electrons. The molecule has 2 aliphatic carbocycles. The first-order valence-corrected chi connectivity index (χ1v) is 5.12. The van der Waals surface area contributed by atoms with Gasteiger partial charge >= 0.3 is 0 Å². The smallest absolute Gasteiger partial charge is 0.0640 e. The standard InChI is InChI=1S/C12H14O/c13-12-9-5-6-11(12)10-4-2-1-3-8(10)7-9/h1-4,9,11-13H,5-7H2. The van der Waals surface area contributed by atoms with Gasteiger partial charge in [0.05, 0.1) is 6.10 Å². The highest BCUT2D eigenvalue weighted by atomic mass is 16.3. The third-order valence-electron chi connectivity index (χ3n) is 3.68. The highest BCUT2D eigenvalue weighted by molar-refractivity contribution is 5.36. The first-order chi connectivity index (χ1) is 6.36. The summed E-state index contributed by atoms with van der Waals surface area (Å²) >= 11 is 0. The predicted octanol–water partition coefficient (Wildman–Crippen LogP) is 2.10. The molecular weight excluding hydrogens is 160 g/mol. The SMILES string of the molecule is OC1C2CCC1c1ccccc1C2. The lowest BCUT2D eigenvalue weighted by molar-refractivity contribution is 0.109. The second-order valence-corrected chi connectivity index (χ2v) is 4.34. The van der Waals surface area contributed by atoms with Crippen molar-refractivity contribution < 1.29 is 5.11 Å². The quantitative estimate of drug-likeness (QED) is 0.638.